The first-order valence-corrected chi connectivity index (χ1v) is 26.6. The van der Waals surface area contributed by atoms with Gasteiger partial charge in [0.15, 0.2) is 12.4 Å². The van der Waals surface area contributed by atoms with Crippen molar-refractivity contribution in [2.24, 2.45) is 0 Å². The maximum Gasteiger partial charge on any atom is 0.306 e. The molecule has 1 aliphatic heterocycles. The summed E-state index contributed by atoms with van der Waals surface area (Å²) in [4.78, 5) is 26.3. The number of carbonyl (C=O) groups excluding carboxylic acids is 2. The Labute approximate surface area is 401 Å². The number of rotatable bonds is 43. The third kappa shape index (κ3) is 32.2. The van der Waals surface area contributed by atoms with Crippen molar-refractivity contribution in [3.63, 3.8) is 0 Å². The second kappa shape index (κ2) is 43.6. The van der Waals surface area contributed by atoms with E-state index in [1.165, 1.54) is 103 Å². The molecule has 382 valence electrons. The minimum Gasteiger partial charge on any atom is -0.454 e. The van der Waals surface area contributed by atoms with Gasteiger partial charge in [-0.05, 0) is 44.9 Å². The molecule has 6 N–H and O–H groups in total. The van der Waals surface area contributed by atoms with Crippen molar-refractivity contribution in [1.29, 1.82) is 0 Å². The fourth-order valence-corrected chi connectivity index (χ4v) is 8.01. The van der Waals surface area contributed by atoms with Crippen LogP contribution in [-0.2, 0) is 23.8 Å². The normalized spacial score (nSPS) is 20.6. The number of unbranched alkanes of at least 4 members (excludes halogenated alkanes) is 24. The lowest BCUT2D eigenvalue weighted by atomic mass is 9.99. The van der Waals surface area contributed by atoms with Crippen LogP contribution >= 0.6 is 0 Å². The van der Waals surface area contributed by atoms with Gasteiger partial charge in [0.2, 0.25) is 5.91 Å². The third-order valence-electron chi connectivity index (χ3n) is 12.3. The van der Waals surface area contributed by atoms with Crippen molar-refractivity contribution in [1.82, 2.24) is 5.32 Å². The van der Waals surface area contributed by atoms with E-state index in [2.05, 4.69) is 38.2 Å². The maximum atomic E-state index is 13.3. The summed E-state index contributed by atoms with van der Waals surface area (Å²) in [6, 6.07) is -1.03. The molecule has 0 saturated carbocycles. The van der Waals surface area contributed by atoms with E-state index in [0.29, 0.717) is 12.8 Å². The Balaban J connectivity index is 2.79. The van der Waals surface area contributed by atoms with Crippen molar-refractivity contribution in [2.75, 3.05) is 13.2 Å². The number of allylic oxidation sites excluding steroid dienone is 9. The molecule has 0 radical (unpaired) electrons. The van der Waals surface area contributed by atoms with E-state index in [4.69, 9.17) is 14.2 Å². The molecule has 66 heavy (non-hydrogen) atoms. The highest BCUT2D eigenvalue weighted by molar-refractivity contribution is 5.80. The first-order chi connectivity index (χ1) is 32.2. The van der Waals surface area contributed by atoms with Crippen LogP contribution < -0.4 is 5.32 Å². The largest absolute Gasteiger partial charge is 0.454 e. The Bertz CT molecular complexity index is 1300. The summed E-state index contributed by atoms with van der Waals surface area (Å²) in [5.74, 6) is -1.24. The number of esters is 1. The minimum absolute atomic E-state index is 0.0768. The Kier molecular flexibility index (Phi) is 40.6. The van der Waals surface area contributed by atoms with Gasteiger partial charge in [0.05, 0.1) is 25.4 Å². The maximum absolute atomic E-state index is 13.3. The molecule has 11 heteroatoms. The van der Waals surface area contributed by atoms with Crippen molar-refractivity contribution in [2.45, 2.75) is 262 Å². The molecule has 0 aliphatic carbocycles. The van der Waals surface area contributed by atoms with Crippen molar-refractivity contribution < 1.29 is 49.3 Å². The lowest BCUT2D eigenvalue weighted by molar-refractivity contribution is -0.305. The number of aliphatic hydroxyl groups is 5. The van der Waals surface area contributed by atoms with E-state index in [0.717, 1.165) is 64.2 Å². The van der Waals surface area contributed by atoms with E-state index >= 15 is 0 Å². The standard InChI is InChI=1S/C55H97NO10/c1-4-7-10-13-16-19-22-24-27-30-33-36-39-42-48(59)54(63)56-46(47(58)41-38-35-32-29-26-21-18-15-12-9-6-3)45-64-55-53(52(62)51(61)49(44-57)65-55)66-50(60)43-40-37-34-31-28-25-23-20-17-14-11-8-5-2/h8,11,14,17,20,23,25,28,38,41,46-49,51-53,55,57-59,61-62H,4-7,9-10,12-13,15-16,18-19,21-22,24,26-27,29-37,39-40,42-45H2,1-3H3,(H,56,63)/b11-8+,17-14+,23-20-,28-25-,41-38+. The summed E-state index contributed by atoms with van der Waals surface area (Å²) in [5.41, 5.74) is 0. The number of hydrogen-bond donors (Lipinski definition) is 6. The molecule has 1 saturated heterocycles. The van der Waals surface area contributed by atoms with Gasteiger partial charge in [-0.1, -0.05) is 223 Å². The van der Waals surface area contributed by atoms with Crippen LogP contribution in [0, 0.1) is 0 Å². The summed E-state index contributed by atoms with van der Waals surface area (Å²) in [6.07, 6.45) is 41.3. The quantitative estimate of drug-likeness (QED) is 0.0149. The molecule has 11 nitrogen and oxygen atoms in total. The van der Waals surface area contributed by atoms with Crippen LogP contribution in [0.4, 0.5) is 0 Å². The predicted octanol–water partition coefficient (Wildman–Crippen LogP) is 11.1. The van der Waals surface area contributed by atoms with Crippen LogP contribution in [0.5, 0.6) is 0 Å². The number of hydrogen-bond acceptors (Lipinski definition) is 10. The van der Waals surface area contributed by atoms with Crippen LogP contribution in [0.1, 0.15) is 213 Å². The molecule has 1 fully saturated rings. The van der Waals surface area contributed by atoms with Gasteiger partial charge in [-0.25, -0.2) is 0 Å². The Hall–Kier alpha value is -2.64. The summed E-state index contributed by atoms with van der Waals surface area (Å²) in [6.45, 7) is 5.58. The highest BCUT2D eigenvalue weighted by Gasteiger charge is 2.47. The van der Waals surface area contributed by atoms with Crippen LogP contribution in [-0.4, -0.2) is 99.6 Å². The van der Waals surface area contributed by atoms with Gasteiger partial charge in [0.25, 0.3) is 0 Å². The zero-order chi connectivity index (χ0) is 48.3. The predicted molar refractivity (Wildman–Crippen MR) is 269 cm³/mol. The third-order valence-corrected chi connectivity index (χ3v) is 12.3. The van der Waals surface area contributed by atoms with Gasteiger partial charge in [-0.3, -0.25) is 9.59 Å². The fraction of sp³-hybridized carbons (Fsp3) is 0.782. The molecule has 0 bridgehead atoms. The molecule has 8 atom stereocenters. The molecule has 0 aromatic rings. The molecule has 0 aromatic heterocycles. The SMILES string of the molecule is CC/C=C/C=C/C=C\C=C/CCCCCC(=O)OC1C(OCC(NC(=O)C(O)CCCCCCCCCCCCCCC)C(O)/C=C/CCCCCCCCCCC)OC(CO)C(O)C1O. The molecular weight excluding hydrogens is 835 g/mol. The van der Waals surface area contributed by atoms with Crippen molar-refractivity contribution >= 4 is 11.9 Å². The van der Waals surface area contributed by atoms with E-state index in [9.17, 15) is 35.1 Å². The lowest BCUT2D eigenvalue weighted by Gasteiger charge is -2.41. The van der Waals surface area contributed by atoms with Crippen molar-refractivity contribution in [3.8, 4) is 0 Å². The average Bonchev–Trinajstić information content (AvgIpc) is 3.31. The number of nitrogens with one attached hydrogen (secondary N) is 1. The Morgan fingerprint density at radius 1 is 0.606 bits per heavy atom. The van der Waals surface area contributed by atoms with E-state index in [1.807, 2.05) is 42.5 Å². The van der Waals surface area contributed by atoms with Gasteiger partial charge in [0, 0.05) is 6.42 Å². The van der Waals surface area contributed by atoms with E-state index in [1.54, 1.807) is 6.08 Å². The minimum atomic E-state index is -1.63. The molecule has 0 aromatic carbocycles. The van der Waals surface area contributed by atoms with Crippen LogP contribution in [0.25, 0.3) is 0 Å². The molecule has 0 spiro atoms. The van der Waals surface area contributed by atoms with E-state index < -0.39 is 67.4 Å². The van der Waals surface area contributed by atoms with E-state index in [-0.39, 0.29) is 19.4 Å². The molecule has 1 aliphatic rings. The van der Waals surface area contributed by atoms with Crippen molar-refractivity contribution in [3.05, 3.63) is 60.8 Å². The topological polar surface area (TPSA) is 175 Å². The van der Waals surface area contributed by atoms with Gasteiger partial charge in [-0.15, -0.1) is 0 Å². The molecule has 1 heterocycles. The summed E-state index contributed by atoms with van der Waals surface area (Å²) < 4.78 is 17.5. The summed E-state index contributed by atoms with van der Waals surface area (Å²) in [5, 5.41) is 56.6. The fourth-order valence-electron chi connectivity index (χ4n) is 8.01. The second-order valence-electron chi connectivity index (χ2n) is 18.3. The summed E-state index contributed by atoms with van der Waals surface area (Å²) in [7, 11) is 0. The van der Waals surface area contributed by atoms with Crippen LogP contribution in [0.2, 0.25) is 0 Å². The summed E-state index contributed by atoms with van der Waals surface area (Å²) >= 11 is 0. The number of amides is 1. The molecule has 8 unspecified atom stereocenters. The first kappa shape index (κ1) is 61.4. The van der Waals surface area contributed by atoms with Crippen LogP contribution in [0.3, 0.4) is 0 Å². The highest BCUT2D eigenvalue weighted by atomic mass is 16.7. The number of aliphatic hydroxyl groups excluding tert-OH is 5. The zero-order valence-electron chi connectivity index (χ0n) is 41.8. The average molecular weight is 932 g/mol. The van der Waals surface area contributed by atoms with Gasteiger partial charge >= 0.3 is 5.97 Å². The molecule has 1 amide bonds. The first-order valence-electron chi connectivity index (χ1n) is 26.6. The zero-order valence-corrected chi connectivity index (χ0v) is 41.8. The van der Waals surface area contributed by atoms with Gasteiger partial charge in [-0.2, -0.15) is 0 Å². The lowest BCUT2D eigenvalue weighted by Crippen LogP contribution is -2.61. The number of carbonyl (C=O) groups is 2. The molecular formula is C55H97NO10. The van der Waals surface area contributed by atoms with Crippen LogP contribution in [0.15, 0.2) is 60.8 Å². The van der Waals surface area contributed by atoms with Gasteiger partial charge < -0.3 is 45.1 Å². The Morgan fingerprint density at radius 2 is 1.09 bits per heavy atom. The molecule has 1 rings (SSSR count). The second-order valence-corrected chi connectivity index (χ2v) is 18.3. The monoisotopic (exact) mass is 932 g/mol. The van der Waals surface area contributed by atoms with Gasteiger partial charge in [0.1, 0.15) is 24.4 Å². The Morgan fingerprint density at radius 3 is 1.64 bits per heavy atom. The smallest absolute Gasteiger partial charge is 0.306 e. The number of ether oxygens (including phenoxy) is 3. The highest BCUT2D eigenvalue weighted by Crippen LogP contribution is 2.26.